The minimum absolute atomic E-state index is 0.00494. The van der Waals surface area contributed by atoms with E-state index in [1.165, 1.54) is 0 Å². The highest BCUT2D eigenvalue weighted by Crippen LogP contribution is 2.68. The maximum atomic E-state index is 13.3. The second kappa shape index (κ2) is 8.43. The number of hydrogen-bond donors (Lipinski definition) is 4. The molecule has 11 atom stereocenters. The quantitative estimate of drug-likeness (QED) is 0.497. The monoisotopic (exact) mass is 462 g/mol. The van der Waals surface area contributed by atoms with Gasteiger partial charge in [0.15, 0.2) is 5.78 Å². The molecule has 0 bridgehead atoms. The van der Waals surface area contributed by atoms with E-state index in [0.717, 1.165) is 31.3 Å². The van der Waals surface area contributed by atoms with Crippen molar-refractivity contribution in [1.82, 2.24) is 0 Å². The van der Waals surface area contributed by atoms with E-state index >= 15 is 0 Å². The Morgan fingerprint density at radius 1 is 1.03 bits per heavy atom. The first-order valence-electron chi connectivity index (χ1n) is 13.3. The van der Waals surface area contributed by atoms with Crippen molar-refractivity contribution in [3.63, 3.8) is 0 Å². The van der Waals surface area contributed by atoms with E-state index < -0.39 is 29.3 Å². The highest BCUT2D eigenvalue weighted by Gasteiger charge is 2.67. The first-order valence-corrected chi connectivity index (χ1v) is 13.3. The van der Waals surface area contributed by atoms with Gasteiger partial charge in [-0.1, -0.05) is 41.5 Å². The molecule has 0 aromatic carbocycles. The fourth-order valence-corrected chi connectivity index (χ4v) is 8.39. The molecule has 188 valence electrons. The highest BCUT2D eigenvalue weighted by molar-refractivity contribution is 5.95. The van der Waals surface area contributed by atoms with Crippen molar-refractivity contribution in [3.8, 4) is 0 Å². The summed E-state index contributed by atoms with van der Waals surface area (Å²) in [6.07, 6.45) is 4.28. The van der Waals surface area contributed by atoms with E-state index in [4.69, 9.17) is 0 Å². The summed E-state index contributed by atoms with van der Waals surface area (Å²) in [6.45, 7) is 13.0. The molecule has 4 N–H and O–H groups in total. The van der Waals surface area contributed by atoms with Crippen LogP contribution in [-0.4, -0.2) is 50.1 Å². The van der Waals surface area contributed by atoms with Crippen LogP contribution in [0.25, 0.3) is 0 Å². The Bertz CT molecular complexity index is 806. The Balaban J connectivity index is 1.64. The van der Waals surface area contributed by atoms with Crippen LogP contribution in [-0.2, 0) is 4.79 Å². The summed E-state index contributed by atoms with van der Waals surface area (Å²) in [6, 6.07) is 0. The highest BCUT2D eigenvalue weighted by atomic mass is 16.3. The molecule has 5 heteroatoms. The summed E-state index contributed by atoms with van der Waals surface area (Å²) in [4.78, 5) is 13.3. The van der Waals surface area contributed by atoms with Crippen molar-refractivity contribution in [1.29, 1.82) is 0 Å². The number of carbonyl (C=O) groups excluding carboxylic acids is 1. The van der Waals surface area contributed by atoms with Crippen molar-refractivity contribution in [2.75, 3.05) is 0 Å². The van der Waals surface area contributed by atoms with Crippen LogP contribution in [0.15, 0.2) is 11.6 Å². The molecule has 4 aliphatic carbocycles. The molecule has 0 spiro atoms. The summed E-state index contributed by atoms with van der Waals surface area (Å²) < 4.78 is 0. The fraction of sp³-hybridized carbons (Fsp3) is 0.893. The molecule has 3 fully saturated rings. The number of allylic oxidation sites excluding steroid dienone is 1. The Hall–Kier alpha value is -0.750. The van der Waals surface area contributed by atoms with Crippen molar-refractivity contribution in [2.45, 2.75) is 110 Å². The van der Waals surface area contributed by atoms with Gasteiger partial charge in [0, 0.05) is 11.3 Å². The van der Waals surface area contributed by atoms with E-state index in [2.05, 4.69) is 41.5 Å². The molecule has 0 radical (unpaired) electrons. The zero-order valence-corrected chi connectivity index (χ0v) is 21.4. The number of hydrogen-bond acceptors (Lipinski definition) is 5. The molecule has 0 aliphatic heterocycles. The lowest BCUT2D eigenvalue weighted by atomic mass is 9.46. The van der Waals surface area contributed by atoms with Crippen LogP contribution in [0.5, 0.6) is 0 Å². The van der Waals surface area contributed by atoms with Crippen LogP contribution in [0, 0.1) is 46.3 Å². The third-order valence-corrected chi connectivity index (χ3v) is 11.2. The molecule has 0 aromatic rings. The van der Waals surface area contributed by atoms with Gasteiger partial charge in [0.1, 0.15) is 0 Å². The van der Waals surface area contributed by atoms with Crippen molar-refractivity contribution >= 4 is 5.78 Å². The zero-order valence-electron chi connectivity index (χ0n) is 21.4. The molecule has 5 nitrogen and oxygen atoms in total. The van der Waals surface area contributed by atoms with Crippen LogP contribution in [0.3, 0.4) is 0 Å². The summed E-state index contributed by atoms with van der Waals surface area (Å²) in [7, 11) is 0. The molecular formula is C28H46O5. The van der Waals surface area contributed by atoms with Crippen molar-refractivity contribution in [3.05, 3.63) is 11.6 Å². The molecule has 33 heavy (non-hydrogen) atoms. The molecule has 0 saturated heterocycles. The average molecular weight is 463 g/mol. The van der Waals surface area contributed by atoms with Gasteiger partial charge in [0.25, 0.3) is 0 Å². The number of aliphatic hydroxyl groups is 4. The lowest BCUT2D eigenvalue weighted by Crippen LogP contribution is -2.61. The Kier molecular flexibility index (Phi) is 6.47. The first-order chi connectivity index (χ1) is 15.3. The zero-order chi connectivity index (χ0) is 24.5. The van der Waals surface area contributed by atoms with E-state index in [9.17, 15) is 25.2 Å². The normalized spacial score (nSPS) is 47.9. The smallest absolute Gasteiger partial charge is 0.159 e. The Labute approximate surface area is 199 Å². The number of rotatable bonds is 5. The van der Waals surface area contributed by atoms with Gasteiger partial charge in [-0.15, -0.1) is 0 Å². The van der Waals surface area contributed by atoms with Gasteiger partial charge in [-0.2, -0.15) is 0 Å². The van der Waals surface area contributed by atoms with Crippen LogP contribution in [0.4, 0.5) is 0 Å². The lowest BCUT2D eigenvalue weighted by molar-refractivity contribution is -0.154. The maximum absolute atomic E-state index is 13.3. The fourth-order valence-electron chi connectivity index (χ4n) is 8.39. The molecule has 4 aliphatic rings. The number of carbonyl (C=O) groups is 1. The van der Waals surface area contributed by atoms with E-state index in [1.807, 2.05) is 0 Å². The number of fused-ring (bicyclic) bond motifs is 5. The second-order valence-electron chi connectivity index (χ2n) is 13.0. The van der Waals surface area contributed by atoms with Gasteiger partial charge >= 0.3 is 0 Å². The summed E-state index contributed by atoms with van der Waals surface area (Å²) in [5, 5.41) is 44.1. The van der Waals surface area contributed by atoms with Gasteiger partial charge in [0.05, 0.1) is 23.9 Å². The topological polar surface area (TPSA) is 98.0 Å². The van der Waals surface area contributed by atoms with Crippen LogP contribution in [0.1, 0.15) is 86.5 Å². The minimum Gasteiger partial charge on any atom is -0.393 e. The number of ketones is 1. The minimum atomic E-state index is -1.05. The van der Waals surface area contributed by atoms with Gasteiger partial charge in [-0.05, 0) is 91.6 Å². The molecule has 4 rings (SSSR count). The van der Waals surface area contributed by atoms with Gasteiger partial charge in [-0.3, -0.25) is 4.79 Å². The summed E-state index contributed by atoms with van der Waals surface area (Å²) in [5.41, 5.74) is -1.01. The van der Waals surface area contributed by atoms with Crippen molar-refractivity contribution in [2.24, 2.45) is 46.3 Å². The molecule has 3 saturated carbocycles. The standard InChI is InChI=1S/C28H46O5/c1-15(2)16(3)11-22(29)17(4)18-8-10-28(33)20-12-23(30)21-13-24(31)25(32)14-26(21,5)19(20)7-9-27(18,28)6/h12,15-19,21-22,24-25,29,31-33H,7-11,13-14H2,1-6H3/t16-,17+,18-,19+,21+,22-,24-,25+,26-,27-,28-/m1/s1. The Morgan fingerprint density at radius 3 is 2.33 bits per heavy atom. The van der Waals surface area contributed by atoms with Gasteiger partial charge < -0.3 is 20.4 Å². The van der Waals surface area contributed by atoms with Crippen LogP contribution < -0.4 is 0 Å². The van der Waals surface area contributed by atoms with Gasteiger partial charge in [-0.25, -0.2) is 0 Å². The third kappa shape index (κ3) is 3.68. The largest absolute Gasteiger partial charge is 0.393 e. The first kappa shape index (κ1) is 25.3. The predicted octanol–water partition coefficient (Wildman–Crippen LogP) is 3.87. The molecule has 0 amide bonds. The Morgan fingerprint density at radius 2 is 1.70 bits per heavy atom. The average Bonchev–Trinajstić information content (AvgIpc) is 3.01. The van der Waals surface area contributed by atoms with Crippen LogP contribution in [0.2, 0.25) is 0 Å². The van der Waals surface area contributed by atoms with Crippen LogP contribution >= 0.6 is 0 Å². The molecular weight excluding hydrogens is 416 g/mol. The molecule has 0 heterocycles. The van der Waals surface area contributed by atoms with E-state index in [0.29, 0.717) is 31.1 Å². The lowest BCUT2D eigenvalue weighted by Gasteiger charge is -2.60. The predicted molar refractivity (Wildman–Crippen MR) is 128 cm³/mol. The summed E-state index contributed by atoms with van der Waals surface area (Å²) >= 11 is 0. The van der Waals surface area contributed by atoms with Crippen molar-refractivity contribution < 1.29 is 25.2 Å². The second-order valence-corrected chi connectivity index (χ2v) is 13.0. The third-order valence-electron chi connectivity index (χ3n) is 11.2. The SMILES string of the molecule is CC(C)[C@H](C)C[C@@H](O)[C@@H](C)[C@H]1CC[C@@]2(O)C3=CC(=O)[C@@H]4C[C@@H](O)[C@@H](O)C[C@]4(C)[C@H]3CC[C@]12C. The maximum Gasteiger partial charge on any atom is 0.159 e. The van der Waals surface area contributed by atoms with Gasteiger partial charge in [0.2, 0.25) is 0 Å². The molecule has 0 unspecified atom stereocenters. The summed E-state index contributed by atoms with van der Waals surface area (Å²) in [5.74, 6) is 0.975. The number of aliphatic hydroxyl groups excluding tert-OH is 3. The van der Waals surface area contributed by atoms with E-state index in [-0.39, 0.29) is 34.9 Å². The van der Waals surface area contributed by atoms with E-state index in [1.54, 1.807) is 6.08 Å². The molecule has 0 aromatic heterocycles.